The minimum Gasteiger partial charge on any atom is -0.785 e. The summed E-state index contributed by atoms with van der Waals surface area (Å²) >= 11 is 0. The van der Waals surface area contributed by atoms with Crippen molar-refractivity contribution in [2.75, 3.05) is 24.6 Å². The zero-order valence-electron chi connectivity index (χ0n) is 7.03. The Kier molecular flexibility index (Phi) is 4.91. The molecule has 0 aromatic carbocycles. The molecule has 0 amide bonds. The molecule has 0 unspecified atom stereocenters. The van der Waals surface area contributed by atoms with Crippen molar-refractivity contribution in [3.63, 3.8) is 0 Å². The largest absolute Gasteiger partial charge is 0.785 e. The van der Waals surface area contributed by atoms with Crippen molar-refractivity contribution in [1.29, 1.82) is 0 Å². The van der Waals surface area contributed by atoms with Crippen LogP contribution in [0.25, 0.3) is 0 Å². The first-order chi connectivity index (χ1) is 6.10. The Hall–Kier alpha value is -0.260. The van der Waals surface area contributed by atoms with Gasteiger partial charge in [0.05, 0.1) is 11.5 Å². The predicted octanol–water partition coefficient (Wildman–Crippen LogP) is -1.44. The first-order valence-electron chi connectivity index (χ1n) is 3.42. The fourth-order valence-electron chi connectivity index (χ4n) is 0.546. The Morgan fingerprint density at radius 3 is 1.43 bits per heavy atom. The molecule has 0 rings (SSSR count). The Morgan fingerprint density at radius 1 is 0.929 bits per heavy atom. The number of hydroxylamine groups is 2. The van der Waals surface area contributed by atoms with E-state index in [0.29, 0.717) is 0 Å². The fraction of sp³-hybridized carbons (Fsp3) is 1.00. The third-order valence-electron chi connectivity index (χ3n) is 1.20. The van der Waals surface area contributed by atoms with E-state index in [0.717, 1.165) is 0 Å². The summed E-state index contributed by atoms with van der Waals surface area (Å²) in [7, 11) is -8.45. The molecular formula is C4H10NO7S2-. The summed E-state index contributed by atoms with van der Waals surface area (Å²) in [6.45, 7) is -1.09. The maximum absolute atomic E-state index is 10.7. The summed E-state index contributed by atoms with van der Waals surface area (Å²) in [5.41, 5.74) is 0. The second-order valence-corrected chi connectivity index (χ2v) is 5.65. The summed E-state index contributed by atoms with van der Waals surface area (Å²) in [5.74, 6) is -1.55. The molecule has 0 atom stereocenters. The van der Waals surface area contributed by atoms with E-state index in [1.807, 2.05) is 0 Å². The van der Waals surface area contributed by atoms with E-state index in [-0.39, 0.29) is 5.06 Å². The molecule has 2 N–H and O–H groups in total. The normalized spacial score (nSPS) is 13.4. The molecule has 0 aromatic heterocycles. The third-order valence-corrected chi connectivity index (χ3v) is 2.59. The Bertz CT molecular complexity index is 321. The molecule has 0 aliphatic carbocycles. The molecule has 0 bridgehead atoms. The topological polar surface area (TPSA) is 135 Å². The number of hydrogen-bond acceptors (Lipinski definition) is 6. The monoisotopic (exact) mass is 248 g/mol. The van der Waals surface area contributed by atoms with E-state index in [9.17, 15) is 22.0 Å². The average Bonchev–Trinajstić information content (AvgIpc) is 1.94. The molecule has 86 valence electrons. The minimum atomic E-state index is -4.23. The number of nitrogens with zero attached hydrogens (tertiary/aromatic N) is 1. The van der Waals surface area contributed by atoms with Crippen LogP contribution in [-0.2, 0) is 20.2 Å². The smallest absolute Gasteiger partial charge is 0.266 e. The molecule has 0 aromatic rings. The van der Waals surface area contributed by atoms with E-state index in [1.54, 1.807) is 0 Å². The molecule has 0 fully saturated rings. The lowest BCUT2D eigenvalue weighted by Crippen LogP contribution is -2.28. The van der Waals surface area contributed by atoms with Gasteiger partial charge < -0.3 is 10.3 Å². The van der Waals surface area contributed by atoms with Gasteiger partial charge in [-0.3, -0.25) is 9.11 Å². The second kappa shape index (κ2) is 5.00. The summed E-state index contributed by atoms with van der Waals surface area (Å²) in [6, 6.07) is 0. The van der Waals surface area contributed by atoms with Crippen molar-refractivity contribution in [2.24, 2.45) is 0 Å². The Balaban J connectivity index is 3.84. The van der Waals surface area contributed by atoms with Crippen molar-refractivity contribution in [1.82, 2.24) is 5.06 Å². The van der Waals surface area contributed by atoms with Crippen LogP contribution < -0.4 is 0 Å². The van der Waals surface area contributed by atoms with E-state index < -0.39 is 44.8 Å². The lowest BCUT2D eigenvalue weighted by Gasteiger charge is -2.26. The molecule has 0 saturated heterocycles. The lowest BCUT2D eigenvalue weighted by atomic mass is 10.6. The summed E-state index contributed by atoms with van der Waals surface area (Å²) in [4.78, 5) is 0. The van der Waals surface area contributed by atoms with Gasteiger partial charge in [0, 0.05) is 13.1 Å². The van der Waals surface area contributed by atoms with Crippen molar-refractivity contribution >= 4 is 20.2 Å². The molecular weight excluding hydrogens is 238 g/mol. The van der Waals surface area contributed by atoms with Crippen LogP contribution in [0.2, 0.25) is 0 Å². The molecule has 10 heteroatoms. The van der Waals surface area contributed by atoms with Crippen LogP contribution in [-0.4, -0.2) is 55.6 Å². The van der Waals surface area contributed by atoms with Crippen molar-refractivity contribution in [3.8, 4) is 0 Å². The maximum atomic E-state index is 10.7. The van der Waals surface area contributed by atoms with Gasteiger partial charge in [0.25, 0.3) is 20.2 Å². The minimum absolute atomic E-state index is 0.127. The highest BCUT2D eigenvalue weighted by Crippen LogP contribution is 1.91. The van der Waals surface area contributed by atoms with Crippen LogP contribution in [0, 0.1) is 5.21 Å². The highest BCUT2D eigenvalue weighted by Gasteiger charge is 2.07. The molecule has 0 radical (unpaired) electrons. The van der Waals surface area contributed by atoms with Gasteiger partial charge in [-0.2, -0.15) is 16.8 Å². The van der Waals surface area contributed by atoms with Gasteiger partial charge in [0.2, 0.25) is 0 Å². The molecule has 0 saturated carbocycles. The number of hydrogen-bond donors (Lipinski definition) is 2. The molecule has 0 aliphatic heterocycles. The maximum Gasteiger partial charge on any atom is 0.266 e. The first kappa shape index (κ1) is 13.7. The Morgan fingerprint density at radius 2 is 1.21 bits per heavy atom. The SMILES string of the molecule is O=S(=O)(O)CCN([O-])CCS(=O)(=O)O. The van der Waals surface area contributed by atoms with Crippen molar-refractivity contribution in [3.05, 3.63) is 5.21 Å². The lowest BCUT2D eigenvalue weighted by molar-refractivity contribution is 0.401. The third kappa shape index (κ3) is 9.83. The van der Waals surface area contributed by atoms with Crippen LogP contribution in [0.15, 0.2) is 0 Å². The average molecular weight is 248 g/mol. The highest BCUT2D eigenvalue weighted by atomic mass is 32.2. The van der Waals surface area contributed by atoms with Crippen LogP contribution in [0.1, 0.15) is 0 Å². The van der Waals surface area contributed by atoms with Crippen LogP contribution in [0.5, 0.6) is 0 Å². The van der Waals surface area contributed by atoms with Gasteiger partial charge in [0.15, 0.2) is 0 Å². The van der Waals surface area contributed by atoms with Crippen LogP contribution >= 0.6 is 0 Å². The van der Waals surface area contributed by atoms with Gasteiger partial charge in [-0.1, -0.05) is 0 Å². The molecule has 8 nitrogen and oxygen atoms in total. The van der Waals surface area contributed by atoms with E-state index in [2.05, 4.69) is 0 Å². The van der Waals surface area contributed by atoms with Crippen LogP contribution in [0.3, 0.4) is 0 Å². The summed E-state index contributed by atoms with van der Waals surface area (Å²) in [5, 5.41) is 10.8. The van der Waals surface area contributed by atoms with E-state index in [1.165, 1.54) is 0 Å². The predicted molar refractivity (Wildman–Crippen MR) is 47.8 cm³/mol. The fourth-order valence-corrected chi connectivity index (χ4v) is 1.41. The molecule has 0 spiro atoms. The van der Waals surface area contributed by atoms with Crippen LogP contribution in [0.4, 0.5) is 0 Å². The quantitative estimate of drug-likeness (QED) is 0.431. The summed E-state index contributed by atoms with van der Waals surface area (Å²) < 4.78 is 57.1. The second-order valence-electron chi connectivity index (χ2n) is 2.50. The van der Waals surface area contributed by atoms with Crippen molar-refractivity contribution < 1.29 is 25.9 Å². The van der Waals surface area contributed by atoms with Gasteiger partial charge >= 0.3 is 0 Å². The van der Waals surface area contributed by atoms with Gasteiger partial charge in [-0.25, -0.2) is 0 Å². The Labute approximate surface area is 81.6 Å². The number of rotatable bonds is 6. The molecule has 14 heavy (non-hydrogen) atoms. The highest BCUT2D eigenvalue weighted by molar-refractivity contribution is 7.86. The summed E-state index contributed by atoms with van der Waals surface area (Å²) in [6.07, 6.45) is 0. The van der Waals surface area contributed by atoms with Crippen molar-refractivity contribution in [2.45, 2.75) is 0 Å². The first-order valence-corrected chi connectivity index (χ1v) is 6.64. The molecule has 0 heterocycles. The zero-order valence-corrected chi connectivity index (χ0v) is 8.66. The van der Waals surface area contributed by atoms with Gasteiger partial charge in [0.1, 0.15) is 0 Å². The van der Waals surface area contributed by atoms with Gasteiger partial charge in [-0.15, -0.1) is 0 Å². The van der Waals surface area contributed by atoms with E-state index in [4.69, 9.17) is 9.11 Å². The standard InChI is InChI=1S/C4H10NO7S2/c6-5(1-3-13(7,8)9)2-4-14(10,11)12/h1-4H2,(H,7,8,9)(H,10,11,12)/q-1. The van der Waals surface area contributed by atoms with E-state index >= 15 is 0 Å². The van der Waals surface area contributed by atoms with Gasteiger partial charge in [-0.05, 0) is 0 Å². The zero-order chi connectivity index (χ0) is 11.4. The molecule has 0 aliphatic rings.